The van der Waals surface area contributed by atoms with Crippen molar-refractivity contribution in [1.29, 1.82) is 0 Å². The lowest BCUT2D eigenvalue weighted by molar-refractivity contribution is 0.579. The number of hydrogen-bond acceptors (Lipinski definition) is 3. The fourth-order valence-electron chi connectivity index (χ4n) is 1.70. The molecule has 0 fully saturated rings. The highest BCUT2D eigenvalue weighted by Gasteiger charge is 2.10. The van der Waals surface area contributed by atoms with Crippen molar-refractivity contribution in [2.45, 2.75) is 32.9 Å². The van der Waals surface area contributed by atoms with E-state index in [1.54, 1.807) is 7.05 Å². The van der Waals surface area contributed by atoms with E-state index in [4.69, 9.17) is 0 Å². The molecule has 0 aromatic heterocycles. The minimum Gasteiger partial charge on any atom is -0.355 e. The molecule has 1 atom stereocenters. The molecule has 0 aliphatic heterocycles. The van der Waals surface area contributed by atoms with Gasteiger partial charge >= 0.3 is 0 Å². The first-order chi connectivity index (χ1) is 10.5. The van der Waals surface area contributed by atoms with Gasteiger partial charge in [-0.3, -0.25) is 4.99 Å². The molecule has 23 heavy (non-hydrogen) atoms. The summed E-state index contributed by atoms with van der Waals surface area (Å²) in [4.78, 5) is 4.07. The number of guanidine groups is 1. The minimum atomic E-state index is -3.31. The van der Waals surface area contributed by atoms with Gasteiger partial charge in [-0.25, -0.2) is 13.1 Å². The molecule has 1 aromatic carbocycles. The molecule has 0 heterocycles. The van der Waals surface area contributed by atoms with E-state index in [2.05, 4.69) is 27.3 Å². The van der Waals surface area contributed by atoms with Crippen LogP contribution in [0.2, 0.25) is 0 Å². The summed E-state index contributed by atoms with van der Waals surface area (Å²) < 4.78 is 26.5. The Labute approximate surface area is 156 Å². The van der Waals surface area contributed by atoms with E-state index in [9.17, 15) is 8.42 Å². The van der Waals surface area contributed by atoms with Gasteiger partial charge < -0.3 is 10.6 Å². The maximum atomic E-state index is 11.9. The molecule has 0 radical (unpaired) electrons. The van der Waals surface area contributed by atoms with Gasteiger partial charge in [0.2, 0.25) is 10.0 Å². The summed E-state index contributed by atoms with van der Waals surface area (Å²) in [6, 6.07) is 9.74. The van der Waals surface area contributed by atoms with Crippen LogP contribution < -0.4 is 15.4 Å². The van der Waals surface area contributed by atoms with Crippen molar-refractivity contribution in [3.8, 4) is 0 Å². The number of aliphatic imine (C=N–C) groups is 1. The second-order valence-electron chi connectivity index (χ2n) is 5.08. The Balaban J connectivity index is 0.00000484. The summed E-state index contributed by atoms with van der Waals surface area (Å²) in [5.74, 6) is 0.619. The molecular weight excluding hydrogens is 427 g/mol. The van der Waals surface area contributed by atoms with Crippen molar-refractivity contribution in [3.63, 3.8) is 0 Å². The molecule has 0 bridgehead atoms. The zero-order valence-corrected chi connectivity index (χ0v) is 17.0. The van der Waals surface area contributed by atoms with Crippen molar-refractivity contribution >= 4 is 40.0 Å². The van der Waals surface area contributed by atoms with E-state index in [0.717, 1.165) is 12.0 Å². The summed E-state index contributed by atoms with van der Waals surface area (Å²) in [7, 11) is -1.65. The summed E-state index contributed by atoms with van der Waals surface area (Å²) in [5.41, 5.74) is 0.938. The molecule has 0 amide bonds. The second kappa shape index (κ2) is 11.6. The molecule has 6 nitrogen and oxygen atoms in total. The third-order valence-electron chi connectivity index (χ3n) is 3.22. The first-order valence-electron chi connectivity index (χ1n) is 7.45. The normalized spacial score (nSPS) is 13.1. The number of nitrogens with one attached hydrogen (secondary N) is 3. The van der Waals surface area contributed by atoms with Crippen molar-refractivity contribution in [1.82, 2.24) is 15.4 Å². The SMILES string of the molecule is CCC(C)NC(=NC)NCCS(=O)(=O)NCc1ccccc1.I. The summed E-state index contributed by atoms with van der Waals surface area (Å²) in [6.07, 6.45) is 0.970. The topological polar surface area (TPSA) is 82.6 Å². The molecule has 0 saturated carbocycles. The van der Waals surface area contributed by atoms with Crippen LogP contribution in [0.25, 0.3) is 0 Å². The molecule has 0 spiro atoms. The molecule has 1 unspecified atom stereocenters. The predicted octanol–water partition coefficient (Wildman–Crippen LogP) is 1.69. The van der Waals surface area contributed by atoms with Crippen LogP contribution in [0.1, 0.15) is 25.8 Å². The van der Waals surface area contributed by atoms with Gasteiger partial charge in [0, 0.05) is 26.2 Å². The Morgan fingerprint density at radius 2 is 1.91 bits per heavy atom. The van der Waals surface area contributed by atoms with E-state index in [1.165, 1.54) is 0 Å². The molecule has 8 heteroatoms. The van der Waals surface area contributed by atoms with Crippen molar-refractivity contribution in [2.75, 3.05) is 19.3 Å². The predicted molar refractivity (Wildman–Crippen MR) is 107 cm³/mol. The Kier molecular flexibility index (Phi) is 11.2. The van der Waals surface area contributed by atoms with Crippen LogP contribution in [0.3, 0.4) is 0 Å². The number of halogens is 1. The molecular formula is C15H27IN4O2S. The molecule has 0 saturated heterocycles. The number of sulfonamides is 1. The maximum absolute atomic E-state index is 11.9. The standard InChI is InChI=1S/C15H26N4O2S.HI/c1-4-13(2)19-15(16-3)17-10-11-22(20,21)18-12-14-8-6-5-7-9-14;/h5-9,13,18H,4,10-12H2,1-3H3,(H2,16,17,19);1H. The van der Waals surface area contributed by atoms with Crippen LogP contribution in [0.5, 0.6) is 0 Å². The van der Waals surface area contributed by atoms with Gasteiger partial charge in [-0.15, -0.1) is 24.0 Å². The maximum Gasteiger partial charge on any atom is 0.213 e. The van der Waals surface area contributed by atoms with Gasteiger partial charge in [-0.2, -0.15) is 0 Å². The van der Waals surface area contributed by atoms with E-state index in [0.29, 0.717) is 25.1 Å². The first-order valence-corrected chi connectivity index (χ1v) is 9.10. The molecule has 0 aliphatic carbocycles. The largest absolute Gasteiger partial charge is 0.355 e. The number of benzene rings is 1. The molecule has 1 rings (SSSR count). The lowest BCUT2D eigenvalue weighted by Gasteiger charge is -2.16. The highest BCUT2D eigenvalue weighted by molar-refractivity contribution is 14.0. The highest BCUT2D eigenvalue weighted by atomic mass is 127. The lowest BCUT2D eigenvalue weighted by atomic mass is 10.2. The lowest BCUT2D eigenvalue weighted by Crippen LogP contribution is -2.44. The summed E-state index contributed by atoms with van der Waals surface area (Å²) in [5, 5.41) is 6.19. The first kappa shape index (κ1) is 22.1. The zero-order chi connectivity index (χ0) is 16.4. The Morgan fingerprint density at radius 1 is 1.26 bits per heavy atom. The summed E-state index contributed by atoms with van der Waals surface area (Å²) >= 11 is 0. The monoisotopic (exact) mass is 454 g/mol. The van der Waals surface area contributed by atoms with Crippen LogP contribution in [0.4, 0.5) is 0 Å². The van der Waals surface area contributed by atoms with Gasteiger partial charge in [0.25, 0.3) is 0 Å². The van der Waals surface area contributed by atoms with Crippen molar-refractivity contribution < 1.29 is 8.42 Å². The Bertz CT molecular complexity index is 564. The smallest absolute Gasteiger partial charge is 0.213 e. The average Bonchev–Trinajstić information content (AvgIpc) is 2.52. The van der Waals surface area contributed by atoms with Gasteiger partial charge in [-0.1, -0.05) is 37.3 Å². The fourth-order valence-corrected chi connectivity index (χ4v) is 2.60. The second-order valence-corrected chi connectivity index (χ2v) is 7.00. The summed E-state index contributed by atoms with van der Waals surface area (Å²) in [6.45, 7) is 4.73. The number of rotatable bonds is 8. The van der Waals surface area contributed by atoms with Gasteiger partial charge in [0.05, 0.1) is 5.75 Å². The van der Waals surface area contributed by atoms with Crippen LogP contribution in [-0.2, 0) is 16.6 Å². The molecule has 3 N–H and O–H groups in total. The van der Waals surface area contributed by atoms with Gasteiger partial charge in [0.1, 0.15) is 0 Å². The third-order valence-corrected chi connectivity index (χ3v) is 4.55. The van der Waals surface area contributed by atoms with Crippen molar-refractivity contribution in [3.05, 3.63) is 35.9 Å². The quantitative estimate of drug-likeness (QED) is 0.317. The fraction of sp³-hybridized carbons (Fsp3) is 0.533. The van der Waals surface area contributed by atoms with Crippen LogP contribution >= 0.6 is 24.0 Å². The molecule has 0 aliphatic rings. The van der Waals surface area contributed by atoms with Crippen LogP contribution in [-0.4, -0.2) is 39.8 Å². The van der Waals surface area contributed by atoms with Crippen molar-refractivity contribution in [2.24, 2.45) is 4.99 Å². The molecule has 132 valence electrons. The number of nitrogens with zero attached hydrogens (tertiary/aromatic N) is 1. The number of hydrogen-bond donors (Lipinski definition) is 3. The van der Waals surface area contributed by atoms with E-state index in [1.807, 2.05) is 37.3 Å². The highest BCUT2D eigenvalue weighted by Crippen LogP contribution is 1.98. The van der Waals surface area contributed by atoms with Crippen LogP contribution in [0.15, 0.2) is 35.3 Å². The van der Waals surface area contributed by atoms with E-state index in [-0.39, 0.29) is 29.7 Å². The van der Waals surface area contributed by atoms with Crippen LogP contribution in [0, 0.1) is 0 Å². The van der Waals surface area contributed by atoms with Gasteiger partial charge in [0.15, 0.2) is 5.96 Å². The van der Waals surface area contributed by atoms with E-state index >= 15 is 0 Å². The average molecular weight is 454 g/mol. The Hall–Kier alpha value is -0.870. The minimum absolute atomic E-state index is 0. The zero-order valence-electron chi connectivity index (χ0n) is 13.9. The van der Waals surface area contributed by atoms with E-state index < -0.39 is 10.0 Å². The third kappa shape index (κ3) is 9.77. The molecule has 1 aromatic rings. The van der Waals surface area contributed by atoms with Gasteiger partial charge in [-0.05, 0) is 18.9 Å². The Morgan fingerprint density at radius 3 is 2.48 bits per heavy atom.